The molecule has 1 heterocycles. The molecule has 1 aliphatic rings. The van der Waals surface area contributed by atoms with Crippen LogP contribution in [0.5, 0.6) is 0 Å². The van der Waals surface area contributed by atoms with Crippen LogP contribution in [-0.2, 0) is 17.4 Å². The van der Waals surface area contributed by atoms with Crippen LogP contribution in [0.4, 0.5) is 13.2 Å². The number of carbonyl (C=O) groups excluding carboxylic acids is 1. The number of nitrogens with zero attached hydrogens (tertiary/aromatic N) is 2. The molecule has 1 saturated heterocycles. The van der Waals surface area contributed by atoms with Crippen LogP contribution in [0.15, 0.2) is 36.4 Å². The number of carbonyl (C=O) groups is 1. The molecule has 4 nitrogen and oxygen atoms in total. The van der Waals surface area contributed by atoms with Crippen molar-refractivity contribution in [2.24, 2.45) is 0 Å². The topological polar surface area (TPSA) is 64.3 Å². The molecule has 2 rings (SSSR count). The SMILES string of the molecule is N#CCCCCCCN1C(=O)CC[C@@H]1C=C[C@@H](O)Cc1cccc(C(F)(F)F)c1. The zero-order chi connectivity index (χ0) is 21.3. The Balaban J connectivity index is 1.85. The lowest BCUT2D eigenvalue weighted by Gasteiger charge is -2.22. The maximum Gasteiger partial charge on any atom is 0.416 e. The number of aliphatic hydroxyl groups excluding tert-OH is 1. The minimum Gasteiger partial charge on any atom is -0.389 e. The molecule has 29 heavy (non-hydrogen) atoms. The lowest BCUT2D eigenvalue weighted by molar-refractivity contribution is -0.137. The molecule has 0 unspecified atom stereocenters. The number of likely N-dealkylation sites (tertiary alicyclic amines) is 1. The first kappa shape index (κ1) is 23.0. The first-order chi connectivity index (χ1) is 13.8. The largest absolute Gasteiger partial charge is 0.416 e. The highest BCUT2D eigenvalue weighted by Crippen LogP contribution is 2.30. The normalized spacial score (nSPS) is 18.4. The molecule has 2 atom stereocenters. The lowest BCUT2D eigenvalue weighted by atomic mass is 10.0. The van der Waals surface area contributed by atoms with E-state index in [-0.39, 0.29) is 18.4 Å². The van der Waals surface area contributed by atoms with Crippen molar-refractivity contribution < 1.29 is 23.1 Å². The molecular formula is C22H27F3N2O2. The van der Waals surface area contributed by atoms with Crippen LogP contribution in [0.25, 0.3) is 0 Å². The zero-order valence-electron chi connectivity index (χ0n) is 16.4. The van der Waals surface area contributed by atoms with Gasteiger partial charge in [-0.15, -0.1) is 0 Å². The number of unbranched alkanes of at least 4 members (excludes halogenated alkanes) is 4. The highest BCUT2D eigenvalue weighted by atomic mass is 19.4. The fourth-order valence-corrected chi connectivity index (χ4v) is 3.53. The Hall–Kier alpha value is -2.33. The maximum atomic E-state index is 12.8. The van der Waals surface area contributed by atoms with E-state index in [9.17, 15) is 23.1 Å². The first-order valence-electron chi connectivity index (χ1n) is 10.00. The molecule has 1 aromatic carbocycles. The van der Waals surface area contributed by atoms with E-state index in [1.54, 1.807) is 23.1 Å². The Morgan fingerprint density at radius 3 is 2.76 bits per heavy atom. The van der Waals surface area contributed by atoms with Crippen molar-refractivity contribution in [3.63, 3.8) is 0 Å². The van der Waals surface area contributed by atoms with Crippen molar-refractivity contribution in [1.82, 2.24) is 4.90 Å². The van der Waals surface area contributed by atoms with Crippen LogP contribution in [0.3, 0.4) is 0 Å². The van der Waals surface area contributed by atoms with Gasteiger partial charge in [0.05, 0.1) is 23.8 Å². The van der Waals surface area contributed by atoms with E-state index in [0.29, 0.717) is 31.4 Å². The molecule has 1 fully saturated rings. The number of hydrogen-bond donors (Lipinski definition) is 1. The number of nitriles is 1. The van der Waals surface area contributed by atoms with Crippen molar-refractivity contribution in [2.75, 3.05) is 6.54 Å². The number of benzene rings is 1. The van der Waals surface area contributed by atoms with Gasteiger partial charge in [0.1, 0.15) is 0 Å². The number of rotatable bonds is 10. The second-order valence-corrected chi connectivity index (χ2v) is 7.37. The fourth-order valence-electron chi connectivity index (χ4n) is 3.53. The predicted octanol–water partition coefficient (Wildman–Crippen LogP) is 4.63. The third kappa shape index (κ3) is 7.54. The second kappa shape index (κ2) is 11.0. The van der Waals surface area contributed by atoms with E-state index >= 15 is 0 Å². The summed E-state index contributed by atoms with van der Waals surface area (Å²) >= 11 is 0. The highest BCUT2D eigenvalue weighted by Gasteiger charge is 2.30. The van der Waals surface area contributed by atoms with E-state index in [4.69, 9.17) is 5.26 Å². The second-order valence-electron chi connectivity index (χ2n) is 7.37. The van der Waals surface area contributed by atoms with Gasteiger partial charge < -0.3 is 10.0 Å². The quantitative estimate of drug-likeness (QED) is 0.453. The molecular weight excluding hydrogens is 381 g/mol. The van der Waals surface area contributed by atoms with Gasteiger partial charge in [0.2, 0.25) is 5.91 Å². The maximum absolute atomic E-state index is 12.8. The Morgan fingerprint density at radius 1 is 1.28 bits per heavy atom. The van der Waals surface area contributed by atoms with Crippen molar-refractivity contribution in [3.05, 3.63) is 47.5 Å². The lowest BCUT2D eigenvalue weighted by Crippen LogP contribution is -2.32. The van der Waals surface area contributed by atoms with Gasteiger partial charge in [0, 0.05) is 25.8 Å². The Bertz CT molecular complexity index is 740. The fraction of sp³-hybridized carbons (Fsp3) is 0.545. The summed E-state index contributed by atoms with van der Waals surface area (Å²) in [6.07, 6.45) is 3.49. The molecule has 1 amide bonds. The van der Waals surface area contributed by atoms with E-state index < -0.39 is 17.8 Å². The molecule has 0 bridgehead atoms. The summed E-state index contributed by atoms with van der Waals surface area (Å²) in [6, 6.07) is 6.98. The van der Waals surface area contributed by atoms with Gasteiger partial charge in [-0.3, -0.25) is 4.79 Å². The van der Waals surface area contributed by atoms with Crippen LogP contribution in [-0.4, -0.2) is 34.6 Å². The standard InChI is InChI=1S/C22H27F3N2O2/c23-22(24,25)18-8-6-7-17(15-18)16-20(28)11-9-19-10-12-21(29)27(19)14-5-3-1-2-4-13-26/h6-9,11,15,19-20,28H,1-5,10,12,14,16H2/t19-,20+/m0/s1. The third-order valence-electron chi connectivity index (χ3n) is 5.07. The molecule has 7 heteroatoms. The van der Waals surface area contributed by atoms with Crippen LogP contribution in [0.2, 0.25) is 0 Å². The minimum absolute atomic E-state index is 0.0833. The van der Waals surface area contributed by atoms with E-state index in [2.05, 4.69) is 6.07 Å². The molecule has 1 aliphatic heterocycles. The van der Waals surface area contributed by atoms with Gasteiger partial charge in [-0.05, 0) is 30.9 Å². The van der Waals surface area contributed by atoms with E-state index in [1.807, 2.05) is 0 Å². The molecule has 0 saturated carbocycles. The van der Waals surface area contributed by atoms with Gasteiger partial charge >= 0.3 is 6.18 Å². The van der Waals surface area contributed by atoms with Gasteiger partial charge in [-0.2, -0.15) is 18.4 Å². The zero-order valence-corrected chi connectivity index (χ0v) is 16.4. The summed E-state index contributed by atoms with van der Waals surface area (Å²) in [4.78, 5) is 13.9. The van der Waals surface area contributed by atoms with Crippen molar-refractivity contribution >= 4 is 5.91 Å². The van der Waals surface area contributed by atoms with Crippen LogP contribution < -0.4 is 0 Å². The summed E-state index contributed by atoms with van der Waals surface area (Å²) < 4.78 is 38.4. The average Bonchev–Trinajstić information content (AvgIpc) is 3.02. The van der Waals surface area contributed by atoms with Crippen molar-refractivity contribution in [1.29, 1.82) is 5.26 Å². The third-order valence-corrected chi connectivity index (χ3v) is 5.07. The number of halogens is 3. The minimum atomic E-state index is -4.41. The predicted molar refractivity (Wildman–Crippen MR) is 104 cm³/mol. The number of aliphatic hydroxyl groups is 1. The summed E-state index contributed by atoms with van der Waals surface area (Å²) in [7, 11) is 0. The summed E-state index contributed by atoms with van der Waals surface area (Å²) in [5, 5.41) is 18.7. The molecule has 0 aromatic heterocycles. The van der Waals surface area contributed by atoms with Gasteiger partial charge in [-0.25, -0.2) is 0 Å². The van der Waals surface area contributed by atoms with Crippen LogP contribution in [0, 0.1) is 11.3 Å². The number of alkyl halides is 3. The molecule has 1 N–H and O–H groups in total. The number of amides is 1. The van der Waals surface area contributed by atoms with Crippen molar-refractivity contribution in [3.8, 4) is 6.07 Å². The van der Waals surface area contributed by atoms with Crippen molar-refractivity contribution in [2.45, 2.75) is 69.7 Å². The molecule has 1 aromatic rings. The van der Waals surface area contributed by atoms with Gasteiger partial charge in [0.25, 0.3) is 0 Å². The number of hydrogen-bond acceptors (Lipinski definition) is 3. The monoisotopic (exact) mass is 408 g/mol. The molecule has 0 aliphatic carbocycles. The molecule has 0 spiro atoms. The molecule has 0 radical (unpaired) electrons. The summed E-state index contributed by atoms with van der Waals surface area (Å²) in [5.41, 5.74) is -0.317. The summed E-state index contributed by atoms with van der Waals surface area (Å²) in [6.45, 7) is 0.643. The van der Waals surface area contributed by atoms with Gasteiger partial charge in [-0.1, -0.05) is 43.2 Å². The smallest absolute Gasteiger partial charge is 0.389 e. The Labute approximate surface area is 169 Å². The Kier molecular flexibility index (Phi) is 8.71. The van der Waals surface area contributed by atoms with E-state index in [0.717, 1.165) is 37.8 Å². The first-order valence-corrected chi connectivity index (χ1v) is 10.00. The summed E-state index contributed by atoms with van der Waals surface area (Å²) in [5.74, 6) is 0.0871. The highest BCUT2D eigenvalue weighted by molar-refractivity contribution is 5.79. The Morgan fingerprint density at radius 2 is 2.03 bits per heavy atom. The van der Waals surface area contributed by atoms with Crippen LogP contribution in [0.1, 0.15) is 56.1 Å². The van der Waals surface area contributed by atoms with Crippen LogP contribution >= 0.6 is 0 Å². The van der Waals surface area contributed by atoms with Gasteiger partial charge in [0.15, 0.2) is 0 Å². The molecule has 158 valence electrons. The van der Waals surface area contributed by atoms with E-state index in [1.165, 1.54) is 6.07 Å². The average molecular weight is 408 g/mol.